The van der Waals surface area contributed by atoms with Crippen LogP contribution in [0.4, 0.5) is 5.69 Å². The molecule has 0 fully saturated rings. The number of aromatic nitrogens is 2. The lowest BCUT2D eigenvalue weighted by atomic mass is 10.2. The highest BCUT2D eigenvalue weighted by Crippen LogP contribution is 2.19. The van der Waals surface area contributed by atoms with Crippen molar-refractivity contribution < 1.29 is 0 Å². The van der Waals surface area contributed by atoms with Gasteiger partial charge < -0.3 is 10.3 Å². The molecule has 19 heavy (non-hydrogen) atoms. The molecule has 0 unspecified atom stereocenters. The lowest BCUT2D eigenvalue weighted by Crippen LogP contribution is -1.99. The summed E-state index contributed by atoms with van der Waals surface area (Å²) in [4.78, 5) is 3.97. The Kier molecular flexibility index (Phi) is 2.66. The number of nitriles is 1. The molecule has 2 N–H and O–H groups in total. The van der Waals surface area contributed by atoms with E-state index in [9.17, 15) is 0 Å². The predicted molar refractivity (Wildman–Crippen MR) is 74.4 cm³/mol. The fraction of sp³-hybridized carbons (Fsp3) is 0.0667. The molecule has 0 aliphatic heterocycles. The van der Waals surface area contributed by atoms with E-state index < -0.39 is 0 Å². The number of fused-ring (bicyclic) bond motifs is 1. The quantitative estimate of drug-likeness (QED) is 0.708. The van der Waals surface area contributed by atoms with Crippen LogP contribution in [0.1, 0.15) is 11.3 Å². The Morgan fingerprint density at radius 1 is 1.21 bits per heavy atom. The van der Waals surface area contributed by atoms with E-state index in [1.54, 1.807) is 6.20 Å². The summed E-state index contributed by atoms with van der Waals surface area (Å²) < 4.78 is 2.13. The number of hydrogen-bond donors (Lipinski definition) is 1. The van der Waals surface area contributed by atoms with E-state index in [2.05, 4.69) is 15.6 Å². The number of nitrogen functional groups attached to an aromatic ring is 1. The lowest BCUT2D eigenvalue weighted by molar-refractivity contribution is 0.834. The van der Waals surface area contributed by atoms with E-state index in [0.29, 0.717) is 12.2 Å². The summed E-state index contributed by atoms with van der Waals surface area (Å²) in [6.45, 7) is 0.713. The minimum atomic E-state index is 0.443. The van der Waals surface area contributed by atoms with Crippen LogP contribution in [0.15, 0.2) is 48.8 Å². The van der Waals surface area contributed by atoms with E-state index in [-0.39, 0.29) is 0 Å². The van der Waals surface area contributed by atoms with Crippen molar-refractivity contribution in [2.24, 2.45) is 0 Å². The summed E-state index contributed by atoms with van der Waals surface area (Å²) in [6.07, 6.45) is 3.69. The van der Waals surface area contributed by atoms with Crippen LogP contribution >= 0.6 is 0 Å². The Bertz CT molecular complexity index is 780. The average molecular weight is 248 g/mol. The molecule has 0 atom stereocenters. The van der Waals surface area contributed by atoms with Gasteiger partial charge in [0.25, 0.3) is 0 Å². The number of pyridine rings is 1. The van der Waals surface area contributed by atoms with Crippen molar-refractivity contribution in [1.29, 1.82) is 5.26 Å². The van der Waals surface area contributed by atoms with Gasteiger partial charge in [0.05, 0.1) is 0 Å². The Labute approximate surface area is 110 Å². The van der Waals surface area contributed by atoms with E-state index in [1.807, 2.05) is 42.6 Å². The molecule has 0 saturated carbocycles. The van der Waals surface area contributed by atoms with Gasteiger partial charge >= 0.3 is 0 Å². The van der Waals surface area contributed by atoms with Crippen LogP contribution in [0.25, 0.3) is 10.9 Å². The highest BCUT2D eigenvalue weighted by molar-refractivity contribution is 5.83. The second-order valence-electron chi connectivity index (χ2n) is 4.42. The topological polar surface area (TPSA) is 67.6 Å². The fourth-order valence-electron chi connectivity index (χ4n) is 2.19. The zero-order valence-corrected chi connectivity index (χ0v) is 10.2. The van der Waals surface area contributed by atoms with Gasteiger partial charge in [-0.3, -0.25) is 0 Å². The second kappa shape index (κ2) is 4.46. The first-order valence-electron chi connectivity index (χ1n) is 5.96. The molecule has 0 aliphatic carbocycles. The Morgan fingerprint density at radius 3 is 2.95 bits per heavy atom. The maximum absolute atomic E-state index is 8.86. The van der Waals surface area contributed by atoms with Gasteiger partial charge in [0.15, 0.2) is 0 Å². The molecule has 4 heteroatoms. The molecule has 0 amide bonds. The van der Waals surface area contributed by atoms with Crippen molar-refractivity contribution in [1.82, 2.24) is 9.55 Å². The molecule has 1 aromatic carbocycles. The molecule has 3 aromatic rings. The van der Waals surface area contributed by atoms with Gasteiger partial charge in [0, 0.05) is 35.5 Å². The number of rotatable bonds is 2. The first-order chi connectivity index (χ1) is 9.26. The largest absolute Gasteiger partial charge is 0.399 e. The summed E-state index contributed by atoms with van der Waals surface area (Å²) in [7, 11) is 0. The molecule has 3 rings (SSSR count). The summed E-state index contributed by atoms with van der Waals surface area (Å²) in [5.74, 6) is 0. The zero-order chi connectivity index (χ0) is 13.2. The van der Waals surface area contributed by atoms with Crippen LogP contribution in [-0.4, -0.2) is 9.55 Å². The Hall–Kier alpha value is -2.80. The third-order valence-electron chi connectivity index (χ3n) is 3.09. The zero-order valence-electron chi connectivity index (χ0n) is 10.2. The Morgan fingerprint density at radius 2 is 2.11 bits per heavy atom. The van der Waals surface area contributed by atoms with Crippen LogP contribution in [0.2, 0.25) is 0 Å². The van der Waals surface area contributed by atoms with Crippen LogP contribution in [0.5, 0.6) is 0 Å². The van der Waals surface area contributed by atoms with Crippen molar-refractivity contribution in [2.75, 3.05) is 5.73 Å². The molecule has 2 heterocycles. The monoisotopic (exact) mass is 248 g/mol. The van der Waals surface area contributed by atoms with E-state index >= 15 is 0 Å². The van der Waals surface area contributed by atoms with E-state index in [4.69, 9.17) is 11.0 Å². The third kappa shape index (κ3) is 2.14. The Balaban J connectivity index is 1.99. The molecule has 0 radical (unpaired) electrons. The van der Waals surface area contributed by atoms with Gasteiger partial charge in [-0.05, 0) is 42.0 Å². The van der Waals surface area contributed by atoms with Crippen LogP contribution in [0, 0.1) is 11.3 Å². The third-order valence-corrected chi connectivity index (χ3v) is 3.09. The van der Waals surface area contributed by atoms with Gasteiger partial charge in [0.1, 0.15) is 11.8 Å². The second-order valence-corrected chi connectivity index (χ2v) is 4.42. The summed E-state index contributed by atoms with van der Waals surface area (Å²) in [5.41, 5.74) is 9.16. The van der Waals surface area contributed by atoms with Crippen LogP contribution in [0.3, 0.4) is 0 Å². The summed E-state index contributed by atoms with van der Waals surface area (Å²) in [5, 5.41) is 9.98. The van der Waals surface area contributed by atoms with Gasteiger partial charge in [-0.25, -0.2) is 4.98 Å². The van der Waals surface area contributed by atoms with Crippen molar-refractivity contribution in [3.8, 4) is 6.07 Å². The first kappa shape index (κ1) is 11.3. The number of benzene rings is 1. The van der Waals surface area contributed by atoms with Crippen LogP contribution < -0.4 is 5.73 Å². The van der Waals surface area contributed by atoms with Gasteiger partial charge in [-0.15, -0.1) is 0 Å². The molecule has 92 valence electrons. The molecule has 4 nitrogen and oxygen atoms in total. The maximum Gasteiger partial charge on any atom is 0.140 e. The van der Waals surface area contributed by atoms with Crippen molar-refractivity contribution in [3.63, 3.8) is 0 Å². The molecule has 0 bridgehead atoms. The van der Waals surface area contributed by atoms with Crippen LogP contribution in [-0.2, 0) is 6.54 Å². The van der Waals surface area contributed by atoms with E-state index in [1.165, 1.54) is 0 Å². The normalized spacial score (nSPS) is 10.5. The summed E-state index contributed by atoms with van der Waals surface area (Å²) >= 11 is 0. The number of nitrogens with zero attached hydrogens (tertiary/aromatic N) is 3. The van der Waals surface area contributed by atoms with E-state index in [0.717, 1.165) is 22.2 Å². The molecule has 0 aliphatic rings. The smallest absolute Gasteiger partial charge is 0.140 e. The van der Waals surface area contributed by atoms with Crippen molar-refractivity contribution >= 4 is 16.6 Å². The predicted octanol–water partition coefficient (Wildman–Crippen LogP) is 2.54. The molecular weight excluding hydrogens is 236 g/mol. The molecule has 0 saturated heterocycles. The highest BCUT2D eigenvalue weighted by Gasteiger charge is 2.03. The van der Waals surface area contributed by atoms with Crippen molar-refractivity contribution in [2.45, 2.75) is 6.54 Å². The lowest BCUT2D eigenvalue weighted by Gasteiger charge is -2.06. The van der Waals surface area contributed by atoms with Gasteiger partial charge in [-0.1, -0.05) is 0 Å². The van der Waals surface area contributed by atoms with Crippen molar-refractivity contribution in [3.05, 3.63) is 60.0 Å². The fourth-order valence-corrected chi connectivity index (χ4v) is 2.19. The maximum atomic E-state index is 8.86. The number of hydrogen-bond acceptors (Lipinski definition) is 3. The number of nitrogens with two attached hydrogens (primary N) is 1. The average Bonchev–Trinajstić information content (AvgIpc) is 2.81. The number of anilines is 1. The first-order valence-corrected chi connectivity index (χ1v) is 5.96. The summed E-state index contributed by atoms with van der Waals surface area (Å²) in [6, 6.07) is 13.7. The van der Waals surface area contributed by atoms with Gasteiger partial charge in [0.2, 0.25) is 0 Å². The highest BCUT2D eigenvalue weighted by atomic mass is 14.9. The standard InChI is InChI=1S/C15H12N4/c16-9-14-7-11(3-5-18-14)10-19-6-4-12-8-13(17)1-2-15(12)19/h1-8H,10,17H2. The molecule has 2 aromatic heterocycles. The van der Waals surface area contributed by atoms with Gasteiger partial charge in [-0.2, -0.15) is 5.26 Å². The minimum absolute atomic E-state index is 0.443. The SMILES string of the molecule is N#Cc1cc(Cn2ccc3cc(N)ccc32)ccn1. The molecular formula is C15H12N4. The minimum Gasteiger partial charge on any atom is -0.399 e. The molecule has 0 spiro atoms.